The second-order valence-electron chi connectivity index (χ2n) is 6.96. The summed E-state index contributed by atoms with van der Waals surface area (Å²) in [5.74, 6) is 1.67. The SMILES string of the molecule is CC(C)C.CC(C)C.c1ccc2c(c1)Cc1ccccc1-2. The number of hydrogen-bond donors (Lipinski definition) is 0. The Morgan fingerprint density at radius 3 is 1.19 bits per heavy atom. The van der Waals surface area contributed by atoms with Crippen molar-refractivity contribution in [2.45, 2.75) is 48.0 Å². The van der Waals surface area contributed by atoms with Crippen LogP contribution in [0.4, 0.5) is 0 Å². The number of hydrogen-bond acceptors (Lipinski definition) is 0. The first-order valence-electron chi connectivity index (χ1n) is 8.08. The zero-order valence-corrected chi connectivity index (χ0v) is 14.5. The Kier molecular flexibility index (Phi) is 7.22. The van der Waals surface area contributed by atoms with Crippen molar-refractivity contribution in [1.82, 2.24) is 0 Å². The maximum atomic E-state index is 2.22. The summed E-state index contributed by atoms with van der Waals surface area (Å²) in [7, 11) is 0. The molecule has 0 heteroatoms. The third-order valence-electron chi connectivity index (χ3n) is 2.71. The molecule has 0 radical (unpaired) electrons. The van der Waals surface area contributed by atoms with E-state index in [0.29, 0.717) is 0 Å². The first-order chi connectivity index (χ1) is 9.91. The van der Waals surface area contributed by atoms with Gasteiger partial charge in [-0.15, -0.1) is 0 Å². The van der Waals surface area contributed by atoms with E-state index in [-0.39, 0.29) is 0 Å². The zero-order chi connectivity index (χ0) is 15.8. The molecule has 0 saturated carbocycles. The second-order valence-corrected chi connectivity index (χ2v) is 6.96. The van der Waals surface area contributed by atoms with Gasteiger partial charge in [0.2, 0.25) is 0 Å². The largest absolute Gasteiger partial charge is 0.0630 e. The van der Waals surface area contributed by atoms with Gasteiger partial charge in [0, 0.05) is 0 Å². The topological polar surface area (TPSA) is 0 Å². The monoisotopic (exact) mass is 282 g/mol. The van der Waals surface area contributed by atoms with Gasteiger partial charge in [0.15, 0.2) is 0 Å². The number of benzene rings is 2. The second kappa shape index (κ2) is 8.67. The molecule has 0 N–H and O–H groups in total. The molecule has 0 atom stereocenters. The van der Waals surface area contributed by atoms with Crippen LogP contribution in [-0.4, -0.2) is 0 Å². The zero-order valence-electron chi connectivity index (χ0n) is 14.5. The van der Waals surface area contributed by atoms with Crippen LogP contribution in [0.5, 0.6) is 0 Å². The minimum absolute atomic E-state index is 0.833. The van der Waals surface area contributed by atoms with Crippen LogP contribution >= 0.6 is 0 Å². The molecule has 0 spiro atoms. The van der Waals surface area contributed by atoms with Crippen LogP contribution in [0.15, 0.2) is 48.5 Å². The smallest absolute Gasteiger partial charge is 0.00135 e. The Hall–Kier alpha value is -1.56. The maximum Gasteiger partial charge on any atom is -0.00135 e. The maximum absolute atomic E-state index is 2.22. The lowest BCUT2D eigenvalue weighted by atomic mass is 10.1. The average molecular weight is 282 g/mol. The van der Waals surface area contributed by atoms with Crippen LogP contribution in [0.2, 0.25) is 0 Å². The molecule has 0 aromatic heterocycles. The lowest BCUT2D eigenvalue weighted by molar-refractivity contribution is 0.736. The van der Waals surface area contributed by atoms with Gasteiger partial charge in [0.25, 0.3) is 0 Å². The lowest BCUT2D eigenvalue weighted by Gasteiger charge is -1.98. The van der Waals surface area contributed by atoms with Crippen LogP contribution in [0, 0.1) is 11.8 Å². The van der Waals surface area contributed by atoms with E-state index in [0.717, 1.165) is 18.3 Å². The molecule has 0 unspecified atom stereocenters. The molecule has 0 fully saturated rings. The van der Waals surface area contributed by atoms with E-state index in [4.69, 9.17) is 0 Å². The van der Waals surface area contributed by atoms with E-state index in [2.05, 4.69) is 90.1 Å². The van der Waals surface area contributed by atoms with Crippen molar-refractivity contribution in [2.75, 3.05) is 0 Å². The average Bonchev–Trinajstić information content (AvgIpc) is 2.76. The van der Waals surface area contributed by atoms with Gasteiger partial charge in [-0.2, -0.15) is 0 Å². The third-order valence-corrected chi connectivity index (χ3v) is 2.71. The predicted octanol–water partition coefficient (Wildman–Crippen LogP) is 6.58. The van der Waals surface area contributed by atoms with Crippen LogP contribution in [0.3, 0.4) is 0 Å². The molecule has 21 heavy (non-hydrogen) atoms. The Morgan fingerprint density at radius 2 is 0.857 bits per heavy atom. The van der Waals surface area contributed by atoms with Crippen LogP contribution in [0.25, 0.3) is 11.1 Å². The van der Waals surface area contributed by atoms with E-state index in [1.807, 2.05) is 0 Å². The Balaban J connectivity index is 0.000000234. The van der Waals surface area contributed by atoms with Gasteiger partial charge < -0.3 is 0 Å². The molecule has 0 aliphatic heterocycles. The molecule has 2 aromatic rings. The molecular formula is C21H30. The van der Waals surface area contributed by atoms with Crippen LogP contribution < -0.4 is 0 Å². The normalized spacial score (nSPS) is 11.0. The molecule has 0 bridgehead atoms. The van der Waals surface area contributed by atoms with Crippen molar-refractivity contribution < 1.29 is 0 Å². The molecule has 0 saturated heterocycles. The summed E-state index contributed by atoms with van der Waals surface area (Å²) in [5.41, 5.74) is 5.75. The van der Waals surface area contributed by atoms with Gasteiger partial charge >= 0.3 is 0 Å². The molecule has 0 nitrogen and oxygen atoms in total. The van der Waals surface area contributed by atoms with Crippen molar-refractivity contribution in [1.29, 1.82) is 0 Å². The summed E-state index contributed by atoms with van der Waals surface area (Å²) in [4.78, 5) is 0. The summed E-state index contributed by atoms with van der Waals surface area (Å²) in [5, 5.41) is 0. The number of rotatable bonds is 0. The molecule has 114 valence electrons. The third kappa shape index (κ3) is 6.16. The summed E-state index contributed by atoms with van der Waals surface area (Å²) < 4.78 is 0. The first-order valence-corrected chi connectivity index (χ1v) is 8.08. The molecule has 3 rings (SSSR count). The van der Waals surface area contributed by atoms with Gasteiger partial charge in [0.1, 0.15) is 0 Å². The standard InChI is InChI=1S/C13H10.2C4H10/c1-3-7-12-10(5-1)9-11-6-2-4-8-13(11)12;2*1-4(2)3/h1-8H,9H2;2*4H,1-3H3. The fourth-order valence-electron chi connectivity index (χ4n) is 2.08. The van der Waals surface area contributed by atoms with E-state index >= 15 is 0 Å². The van der Waals surface area contributed by atoms with E-state index in [1.54, 1.807) is 0 Å². The van der Waals surface area contributed by atoms with Crippen LogP contribution in [-0.2, 0) is 6.42 Å². The fourth-order valence-corrected chi connectivity index (χ4v) is 2.08. The van der Waals surface area contributed by atoms with Crippen molar-refractivity contribution >= 4 is 0 Å². The summed E-state index contributed by atoms with van der Waals surface area (Å²) in [6.45, 7) is 13.0. The van der Waals surface area contributed by atoms with Gasteiger partial charge in [-0.05, 0) is 40.5 Å². The molecule has 0 heterocycles. The summed E-state index contributed by atoms with van der Waals surface area (Å²) in [6, 6.07) is 17.3. The predicted molar refractivity (Wildman–Crippen MR) is 95.7 cm³/mol. The highest BCUT2D eigenvalue weighted by atomic mass is 14.2. The van der Waals surface area contributed by atoms with Crippen molar-refractivity contribution in [3.63, 3.8) is 0 Å². The Labute approximate surface area is 131 Å². The van der Waals surface area contributed by atoms with E-state index in [1.165, 1.54) is 22.3 Å². The highest BCUT2D eigenvalue weighted by Gasteiger charge is 2.15. The lowest BCUT2D eigenvalue weighted by Crippen LogP contribution is -1.77. The van der Waals surface area contributed by atoms with E-state index < -0.39 is 0 Å². The molecule has 1 aliphatic carbocycles. The van der Waals surface area contributed by atoms with Gasteiger partial charge in [-0.3, -0.25) is 0 Å². The minimum atomic E-state index is 0.833. The highest BCUT2D eigenvalue weighted by molar-refractivity contribution is 5.76. The minimum Gasteiger partial charge on any atom is -0.0630 e. The molecule has 2 aromatic carbocycles. The van der Waals surface area contributed by atoms with Gasteiger partial charge in [-0.1, -0.05) is 90.1 Å². The van der Waals surface area contributed by atoms with Crippen molar-refractivity contribution in [3.05, 3.63) is 59.7 Å². The molecular weight excluding hydrogens is 252 g/mol. The Morgan fingerprint density at radius 1 is 0.571 bits per heavy atom. The molecule has 0 amide bonds. The summed E-state index contributed by atoms with van der Waals surface area (Å²) >= 11 is 0. The van der Waals surface area contributed by atoms with Gasteiger partial charge in [0.05, 0.1) is 0 Å². The first kappa shape index (κ1) is 17.5. The van der Waals surface area contributed by atoms with Crippen LogP contribution in [0.1, 0.15) is 52.7 Å². The van der Waals surface area contributed by atoms with Gasteiger partial charge in [-0.25, -0.2) is 0 Å². The van der Waals surface area contributed by atoms with E-state index in [9.17, 15) is 0 Å². The fraction of sp³-hybridized carbons (Fsp3) is 0.429. The van der Waals surface area contributed by atoms with Crippen molar-refractivity contribution in [2.24, 2.45) is 11.8 Å². The Bertz CT molecular complexity index is 480. The highest BCUT2D eigenvalue weighted by Crippen LogP contribution is 2.35. The van der Waals surface area contributed by atoms with Crippen molar-refractivity contribution in [3.8, 4) is 11.1 Å². The number of fused-ring (bicyclic) bond motifs is 3. The quantitative estimate of drug-likeness (QED) is 0.436. The summed E-state index contributed by atoms with van der Waals surface area (Å²) in [6.07, 6.45) is 1.10. The molecule has 1 aliphatic rings.